The van der Waals surface area contributed by atoms with Crippen molar-refractivity contribution in [3.63, 3.8) is 0 Å². The molecule has 5 heteroatoms. The minimum Gasteiger partial charge on any atom is -0.490 e. The van der Waals surface area contributed by atoms with Gasteiger partial charge in [-0.15, -0.1) is 0 Å². The molecule has 0 bridgehead atoms. The molecule has 0 aliphatic heterocycles. The summed E-state index contributed by atoms with van der Waals surface area (Å²) in [5.74, 6) is 0.715. The molecular formula is C16H24N2O3. The maximum atomic E-state index is 10.7. The molecule has 0 spiro atoms. The molecule has 0 saturated heterocycles. The fourth-order valence-corrected chi connectivity index (χ4v) is 3.45. The summed E-state index contributed by atoms with van der Waals surface area (Å²) < 4.78 is 6.10. The van der Waals surface area contributed by atoms with Crippen LogP contribution in [-0.2, 0) is 0 Å². The fourth-order valence-electron chi connectivity index (χ4n) is 3.45. The van der Waals surface area contributed by atoms with Gasteiger partial charge in [0, 0.05) is 30.0 Å². The van der Waals surface area contributed by atoms with Crippen molar-refractivity contribution in [2.75, 3.05) is 6.54 Å². The summed E-state index contributed by atoms with van der Waals surface area (Å²) >= 11 is 0. The summed E-state index contributed by atoms with van der Waals surface area (Å²) in [4.78, 5) is 10.3. The van der Waals surface area contributed by atoms with E-state index in [0.717, 1.165) is 25.8 Å². The maximum Gasteiger partial charge on any atom is 0.269 e. The van der Waals surface area contributed by atoms with Crippen LogP contribution in [0.1, 0.15) is 40.0 Å². The van der Waals surface area contributed by atoms with Crippen molar-refractivity contribution in [3.8, 4) is 5.75 Å². The highest BCUT2D eigenvalue weighted by molar-refractivity contribution is 5.36. The molecule has 0 amide bonds. The van der Waals surface area contributed by atoms with Crippen molar-refractivity contribution in [1.82, 2.24) is 5.32 Å². The minimum atomic E-state index is -0.392. The Labute approximate surface area is 125 Å². The topological polar surface area (TPSA) is 64.4 Å². The van der Waals surface area contributed by atoms with Crippen molar-refractivity contribution in [2.45, 2.75) is 52.2 Å². The number of hydrogen-bond donors (Lipinski definition) is 1. The molecule has 1 saturated carbocycles. The van der Waals surface area contributed by atoms with Gasteiger partial charge < -0.3 is 10.1 Å². The predicted octanol–water partition coefficient (Wildman–Crippen LogP) is 3.53. The van der Waals surface area contributed by atoms with Gasteiger partial charge in [-0.05, 0) is 31.5 Å². The number of hydrogen-bond acceptors (Lipinski definition) is 4. The number of benzene rings is 1. The largest absolute Gasteiger partial charge is 0.490 e. The van der Waals surface area contributed by atoms with E-state index in [4.69, 9.17) is 4.74 Å². The maximum absolute atomic E-state index is 10.7. The van der Waals surface area contributed by atoms with Crippen LogP contribution in [-0.4, -0.2) is 23.6 Å². The van der Waals surface area contributed by atoms with Crippen LogP contribution in [0.2, 0.25) is 0 Å². The lowest BCUT2D eigenvalue weighted by Gasteiger charge is -2.55. The Morgan fingerprint density at radius 2 is 1.90 bits per heavy atom. The second-order valence-corrected chi connectivity index (χ2v) is 5.64. The molecule has 1 aromatic carbocycles. The van der Waals surface area contributed by atoms with Crippen LogP contribution in [0.3, 0.4) is 0 Å². The number of non-ortho nitro benzene ring substituents is 1. The van der Waals surface area contributed by atoms with Crippen LogP contribution in [0.15, 0.2) is 24.3 Å². The Hall–Kier alpha value is -1.62. The Morgan fingerprint density at radius 3 is 2.38 bits per heavy atom. The van der Waals surface area contributed by atoms with Gasteiger partial charge in [-0.25, -0.2) is 0 Å². The van der Waals surface area contributed by atoms with E-state index < -0.39 is 4.92 Å². The molecule has 0 heterocycles. The molecule has 5 nitrogen and oxygen atoms in total. The van der Waals surface area contributed by atoms with E-state index in [0.29, 0.717) is 11.8 Å². The van der Waals surface area contributed by atoms with Crippen LogP contribution in [0.4, 0.5) is 5.69 Å². The van der Waals surface area contributed by atoms with Crippen LogP contribution in [0.25, 0.3) is 0 Å². The molecule has 1 aliphatic carbocycles. The summed E-state index contributed by atoms with van der Waals surface area (Å²) in [5.41, 5.74) is 0.261. The first-order chi connectivity index (χ1) is 10.1. The van der Waals surface area contributed by atoms with E-state index in [1.807, 2.05) is 0 Å². The second kappa shape index (κ2) is 6.43. The van der Waals surface area contributed by atoms with Gasteiger partial charge in [-0.2, -0.15) is 0 Å². The smallest absolute Gasteiger partial charge is 0.269 e. The van der Waals surface area contributed by atoms with Crippen molar-refractivity contribution >= 4 is 5.69 Å². The first kappa shape index (κ1) is 15.8. The number of nitrogens with zero attached hydrogens (tertiary/aromatic N) is 1. The monoisotopic (exact) mass is 292 g/mol. The third-order valence-electron chi connectivity index (χ3n) is 4.88. The van der Waals surface area contributed by atoms with Crippen LogP contribution in [0, 0.1) is 15.5 Å². The van der Waals surface area contributed by atoms with E-state index >= 15 is 0 Å². The Bertz CT molecular complexity index is 483. The lowest BCUT2D eigenvalue weighted by molar-refractivity contribution is -0.384. The van der Waals surface area contributed by atoms with E-state index in [1.54, 1.807) is 12.1 Å². The van der Waals surface area contributed by atoms with Gasteiger partial charge in [-0.3, -0.25) is 10.1 Å². The highest BCUT2D eigenvalue weighted by Crippen LogP contribution is 2.49. The molecule has 1 N–H and O–H groups in total. The standard InChI is InChI=1S/C16H24N2O3/c1-4-16(5-2)14(17-6-3)11-15(16)21-13-9-7-12(8-10-13)18(19)20/h7-10,14-15,17H,4-6,11H2,1-3H3. The average molecular weight is 292 g/mol. The molecule has 0 radical (unpaired) electrons. The van der Waals surface area contributed by atoms with E-state index in [2.05, 4.69) is 26.1 Å². The predicted molar refractivity (Wildman–Crippen MR) is 82.6 cm³/mol. The second-order valence-electron chi connectivity index (χ2n) is 5.64. The van der Waals surface area contributed by atoms with Crippen molar-refractivity contribution < 1.29 is 9.66 Å². The Kier molecular flexibility index (Phi) is 4.83. The summed E-state index contributed by atoms with van der Waals surface area (Å²) in [6, 6.07) is 6.87. The normalized spacial score (nSPS) is 23.4. The third-order valence-corrected chi connectivity index (χ3v) is 4.88. The van der Waals surface area contributed by atoms with Gasteiger partial charge in [0.1, 0.15) is 11.9 Å². The van der Waals surface area contributed by atoms with Gasteiger partial charge in [0.15, 0.2) is 0 Å². The van der Waals surface area contributed by atoms with Crippen LogP contribution >= 0.6 is 0 Å². The molecular weight excluding hydrogens is 268 g/mol. The third kappa shape index (κ3) is 2.88. The zero-order chi connectivity index (χ0) is 15.5. The number of nitro benzene ring substituents is 1. The number of ether oxygens (including phenoxy) is 1. The molecule has 1 fully saturated rings. The van der Waals surface area contributed by atoms with E-state index in [9.17, 15) is 10.1 Å². The molecule has 1 aromatic rings. The number of rotatable bonds is 7. The summed E-state index contributed by atoms with van der Waals surface area (Å²) in [7, 11) is 0. The van der Waals surface area contributed by atoms with Crippen molar-refractivity contribution in [1.29, 1.82) is 0 Å². The molecule has 2 unspecified atom stereocenters. The average Bonchev–Trinajstić information content (AvgIpc) is 2.48. The first-order valence-electron chi connectivity index (χ1n) is 7.71. The highest BCUT2D eigenvalue weighted by atomic mass is 16.6. The summed E-state index contributed by atoms with van der Waals surface area (Å²) in [6.07, 6.45) is 3.31. The van der Waals surface area contributed by atoms with Crippen LogP contribution < -0.4 is 10.1 Å². The molecule has 0 aromatic heterocycles. The van der Waals surface area contributed by atoms with Crippen molar-refractivity contribution in [3.05, 3.63) is 34.4 Å². The quantitative estimate of drug-likeness (QED) is 0.617. The first-order valence-corrected chi connectivity index (χ1v) is 7.71. The highest BCUT2D eigenvalue weighted by Gasteiger charge is 2.53. The molecule has 21 heavy (non-hydrogen) atoms. The minimum absolute atomic E-state index is 0.0960. The Morgan fingerprint density at radius 1 is 1.29 bits per heavy atom. The molecule has 1 aliphatic rings. The number of nitrogens with one attached hydrogen (secondary N) is 1. The molecule has 2 atom stereocenters. The van der Waals surface area contributed by atoms with Gasteiger partial charge in [0.05, 0.1) is 4.92 Å². The lowest BCUT2D eigenvalue weighted by atomic mass is 9.58. The van der Waals surface area contributed by atoms with Gasteiger partial charge >= 0.3 is 0 Å². The molecule has 116 valence electrons. The zero-order valence-corrected chi connectivity index (χ0v) is 13.0. The van der Waals surface area contributed by atoms with E-state index in [1.165, 1.54) is 12.1 Å². The van der Waals surface area contributed by atoms with E-state index in [-0.39, 0.29) is 17.2 Å². The SMILES string of the molecule is CCNC1CC(Oc2ccc([N+](=O)[O-])cc2)C1(CC)CC. The lowest BCUT2D eigenvalue weighted by Crippen LogP contribution is -2.64. The van der Waals surface area contributed by atoms with Crippen molar-refractivity contribution in [2.24, 2.45) is 5.41 Å². The van der Waals surface area contributed by atoms with Crippen LogP contribution in [0.5, 0.6) is 5.75 Å². The van der Waals surface area contributed by atoms with Gasteiger partial charge in [0.25, 0.3) is 5.69 Å². The van der Waals surface area contributed by atoms with Gasteiger partial charge in [0.2, 0.25) is 0 Å². The zero-order valence-electron chi connectivity index (χ0n) is 13.0. The summed E-state index contributed by atoms with van der Waals surface area (Å²) in [5, 5.41) is 14.2. The van der Waals surface area contributed by atoms with Gasteiger partial charge in [-0.1, -0.05) is 20.8 Å². The fraction of sp³-hybridized carbons (Fsp3) is 0.625. The number of nitro groups is 1. The summed E-state index contributed by atoms with van der Waals surface area (Å²) in [6.45, 7) is 7.51. The molecule has 2 rings (SSSR count). The Balaban J connectivity index is 2.07.